The Balaban J connectivity index is -0.00000000625. The number of aliphatic hydroxyl groups is 1. The second-order valence-corrected chi connectivity index (χ2v) is 0.707. The normalized spacial score (nSPS) is 4.80. The van der Waals surface area contributed by atoms with Gasteiger partial charge in [-0.1, -0.05) is 0 Å². The van der Waals surface area contributed by atoms with E-state index in [-0.39, 0.29) is 80.3 Å². The van der Waals surface area contributed by atoms with Gasteiger partial charge in [-0.2, -0.15) is 0 Å². The molecule has 0 saturated heterocycles. The van der Waals surface area contributed by atoms with Gasteiger partial charge in [0.15, 0.2) is 0 Å². The van der Waals surface area contributed by atoms with E-state index in [1.165, 1.54) is 0 Å². The first-order valence-corrected chi connectivity index (χ1v) is 1.89. The van der Waals surface area contributed by atoms with Crippen molar-refractivity contribution >= 4 is 9.03 Å². The van der Waals surface area contributed by atoms with Crippen LogP contribution in [0.4, 0.5) is 0 Å². The Morgan fingerprint density at radius 2 is 1.30 bits per heavy atom. The van der Waals surface area contributed by atoms with Crippen molar-refractivity contribution in [1.82, 2.24) is 0 Å². The van der Waals surface area contributed by atoms with Gasteiger partial charge in [0, 0.05) is 74.8 Å². The van der Waals surface area contributed by atoms with Gasteiger partial charge in [0.1, 0.15) is 9.03 Å². The third kappa shape index (κ3) is 72.7. The number of aliphatic hydroxyl groups excluding tert-OH is 1. The number of rotatable bonds is 1. The molecule has 0 fully saturated rings. The molecule has 0 aromatic rings. The van der Waals surface area contributed by atoms with Gasteiger partial charge in [-0.05, 0) is 0 Å². The van der Waals surface area contributed by atoms with Crippen LogP contribution in [-0.4, -0.2) is 15.5 Å². The zero-order valence-corrected chi connectivity index (χ0v) is 14.8. The van der Waals surface area contributed by atoms with Crippen LogP contribution < -0.4 is 0 Å². The van der Waals surface area contributed by atoms with Crippen molar-refractivity contribution in [1.29, 1.82) is 0 Å². The Hall–Kier alpha value is 2.75. The molecule has 0 amide bonds. The predicted octanol–water partition coefficient (Wildman–Crippen LogP) is -0.386. The molecule has 0 aromatic carbocycles. The van der Waals surface area contributed by atoms with Crippen molar-refractivity contribution in [2.24, 2.45) is 0 Å². The molecule has 0 rings (SSSR count). The zero-order chi connectivity index (χ0) is 5.41. The fraction of sp³-hybridized carbons (Fsp3) is 0. The van der Waals surface area contributed by atoms with E-state index in [0.717, 1.165) is 0 Å². The van der Waals surface area contributed by atoms with Crippen molar-refractivity contribution in [2.45, 2.75) is 0 Å². The molecule has 63 valence electrons. The number of hydrogen-bond donors (Lipinski definition) is 2. The minimum absolute atomic E-state index is 0. The zero-order valence-electron chi connectivity index (χ0n) is 5.11. The van der Waals surface area contributed by atoms with Crippen molar-refractivity contribution in [3.63, 3.8) is 0 Å². The molecule has 0 aliphatic heterocycles. The summed E-state index contributed by atoms with van der Waals surface area (Å²) in [6, 6.07) is 0. The molecule has 0 heterocycles. The van der Waals surface area contributed by atoms with E-state index in [2.05, 4.69) is 18.7 Å². The molecule has 1 atom stereocenters. The van der Waals surface area contributed by atoms with E-state index in [4.69, 9.17) is 10.00 Å². The van der Waals surface area contributed by atoms with Crippen LogP contribution >= 0.6 is 9.03 Å². The molecule has 4 N–H and O–H groups in total. The summed E-state index contributed by atoms with van der Waals surface area (Å²) in [5, 5.41) is 6.75. The van der Waals surface area contributed by atoms with Crippen molar-refractivity contribution in [2.75, 3.05) is 0 Å². The van der Waals surface area contributed by atoms with E-state index in [1.807, 2.05) is 0 Å². The molecule has 0 aliphatic rings. The Bertz CT molecular complexity index is 23.2. The van der Waals surface area contributed by atoms with Crippen LogP contribution in [0.5, 0.6) is 0 Å². The van der Waals surface area contributed by atoms with E-state index >= 15 is 0 Å². The van der Waals surface area contributed by atoms with Crippen LogP contribution in [0.3, 0.4) is 0 Å². The molecule has 0 aliphatic carbocycles. The standard InChI is InChI=1S/CH4O2P.CH3O.H2O.2W.Y/c1-3-4-2;1-2;;;;/h2,4H,1H2;2H,1H2;1H2;;;/q2*-1;;;;. The van der Waals surface area contributed by atoms with Crippen molar-refractivity contribution < 1.29 is 94.8 Å². The number of hydrogen-bond acceptors (Lipinski definition) is 3. The summed E-state index contributed by atoms with van der Waals surface area (Å²) in [4.78, 5) is 7.62. The Morgan fingerprint density at radius 3 is 1.30 bits per heavy atom. The summed E-state index contributed by atoms with van der Waals surface area (Å²) in [6.07, 6.45) is 0. The maximum Gasteiger partial charge on any atom is 0.119 e. The first-order valence-electron chi connectivity index (χ1n) is 1.03. The summed E-state index contributed by atoms with van der Waals surface area (Å²) in [5.74, 6) is 0. The van der Waals surface area contributed by atoms with Crippen molar-refractivity contribution in [3.8, 4) is 0 Å². The molecule has 1 unspecified atom stereocenters. The first-order chi connectivity index (χ1) is 2.91. The smallest absolute Gasteiger partial charge is 0.119 e. The first kappa shape index (κ1) is 38.6. The molecule has 0 aromatic heterocycles. The predicted molar refractivity (Wildman–Crippen MR) is 27.9 cm³/mol. The van der Waals surface area contributed by atoms with Crippen LogP contribution in [-0.2, 0) is 79.4 Å². The molecule has 0 bridgehead atoms. The summed E-state index contributed by atoms with van der Waals surface area (Å²) < 4.78 is 3.88. The van der Waals surface area contributed by atoms with Gasteiger partial charge in [-0.15, -0.1) is 0 Å². The van der Waals surface area contributed by atoms with E-state index in [1.54, 1.807) is 0 Å². The van der Waals surface area contributed by atoms with Gasteiger partial charge in [-0.3, -0.25) is 0 Å². The average Bonchev–Trinajstić information content (AvgIpc) is 1.72. The van der Waals surface area contributed by atoms with Crippen LogP contribution in [0, 0.1) is 14.2 Å². The van der Waals surface area contributed by atoms with Crippen LogP contribution in [0.25, 0.3) is 0 Å². The largest absolute Gasteiger partial charge is 0.569 e. The second kappa shape index (κ2) is 60.2. The molecular weight excluding hydrogens is 576 g/mol. The molecule has 10 heavy (non-hydrogen) atoms. The fourth-order valence-electron chi connectivity index (χ4n) is 0. The van der Waals surface area contributed by atoms with E-state index in [0.29, 0.717) is 0 Å². The van der Waals surface area contributed by atoms with Crippen LogP contribution in [0.1, 0.15) is 0 Å². The van der Waals surface area contributed by atoms with E-state index < -0.39 is 9.03 Å². The van der Waals surface area contributed by atoms with Gasteiger partial charge >= 0.3 is 0 Å². The van der Waals surface area contributed by atoms with Gasteiger partial charge < -0.3 is 20.0 Å². The maximum absolute atomic E-state index is 7.62. The summed E-state index contributed by atoms with van der Waals surface area (Å²) >= 11 is 0. The molecule has 4 nitrogen and oxygen atoms in total. The SMILES string of the molecule is O.[CH2-]O.[CH2-]OPO.[W].[W].[Y]. The van der Waals surface area contributed by atoms with E-state index in [9.17, 15) is 0 Å². The summed E-state index contributed by atoms with van der Waals surface area (Å²) in [5.41, 5.74) is 0. The van der Waals surface area contributed by atoms with Gasteiger partial charge in [0.25, 0.3) is 0 Å². The van der Waals surface area contributed by atoms with Gasteiger partial charge in [0.05, 0.1) is 0 Å². The Morgan fingerprint density at radius 1 is 1.20 bits per heavy atom. The van der Waals surface area contributed by atoms with Gasteiger partial charge in [-0.25, -0.2) is 14.2 Å². The van der Waals surface area contributed by atoms with Gasteiger partial charge in [0.2, 0.25) is 0 Å². The quantitative estimate of drug-likeness (QED) is 0.326. The fourth-order valence-corrected chi connectivity index (χ4v) is 0. The summed E-state index contributed by atoms with van der Waals surface area (Å²) in [6.45, 7) is 0. The third-order valence-corrected chi connectivity index (χ3v) is 0.194. The monoisotopic (exact) mass is 585 g/mol. The second-order valence-electron chi connectivity index (χ2n) is 0.236. The van der Waals surface area contributed by atoms with Crippen molar-refractivity contribution in [3.05, 3.63) is 14.2 Å². The minimum Gasteiger partial charge on any atom is -0.569 e. The topological polar surface area (TPSA) is 81.2 Å². The third-order valence-electron chi connectivity index (χ3n) is 0.0645. The molecule has 0 spiro atoms. The molecule has 1 radical (unpaired) electrons. The Kier molecular flexibility index (Phi) is 232. The molecule has 8 heteroatoms. The maximum atomic E-state index is 7.62. The van der Waals surface area contributed by atoms with Crippen LogP contribution in [0.15, 0.2) is 0 Å². The summed E-state index contributed by atoms with van der Waals surface area (Å²) in [7, 11) is 4.65. The van der Waals surface area contributed by atoms with Crippen LogP contribution in [0.2, 0.25) is 0 Å². The molecule has 0 saturated carbocycles. The average molecular weight is 585 g/mol. The molecular formula is C2H9O4PW2Y-2. The minimum atomic E-state index is -0.471. The Labute approximate surface area is 117 Å².